The molecule has 0 saturated carbocycles. The Morgan fingerprint density at radius 1 is 1.10 bits per heavy atom. The zero-order chi connectivity index (χ0) is 14.8. The first kappa shape index (κ1) is 14.6. The van der Waals surface area contributed by atoms with E-state index in [1.54, 1.807) is 6.92 Å². The van der Waals surface area contributed by atoms with E-state index >= 15 is 0 Å². The van der Waals surface area contributed by atoms with Crippen LogP contribution < -0.4 is 5.32 Å². The minimum absolute atomic E-state index is 0.213. The summed E-state index contributed by atoms with van der Waals surface area (Å²) < 4.78 is 0. The topological polar surface area (TPSA) is 32.3 Å². The van der Waals surface area contributed by atoms with Gasteiger partial charge < -0.3 is 10.2 Å². The first-order valence-electron chi connectivity index (χ1n) is 8.25. The van der Waals surface area contributed by atoms with Crippen molar-refractivity contribution >= 4 is 5.91 Å². The summed E-state index contributed by atoms with van der Waals surface area (Å²) in [5.41, 5.74) is 3.01. The molecule has 3 heteroatoms. The van der Waals surface area contributed by atoms with Crippen LogP contribution in [-0.4, -0.2) is 29.9 Å². The molecule has 1 N–H and O–H groups in total. The van der Waals surface area contributed by atoms with E-state index < -0.39 is 0 Å². The van der Waals surface area contributed by atoms with Crippen LogP contribution >= 0.6 is 0 Å². The Kier molecular flexibility index (Phi) is 4.29. The SMILES string of the molecule is CC(=O)N1CCC(NC2CCC(C)c3ccccc32)CC1. The summed E-state index contributed by atoms with van der Waals surface area (Å²) in [6.45, 7) is 5.81. The maximum Gasteiger partial charge on any atom is 0.219 e. The van der Waals surface area contributed by atoms with Crippen molar-refractivity contribution in [1.82, 2.24) is 10.2 Å². The monoisotopic (exact) mass is 286 g/mol. The van der Waals surface area contributed by atoms with Gasteiger partial charge in [-0.05, 0) is 42.7 Å². The molecule has 1 aromatic carbocycles. The van der Waals surface area contributed by atoms with Crippen LogP contribution in [-0.2, 0) is 4.79 Å². The summed E-state index contributed by atoms with van der Waals surface area (Å²) in [5, 5.41) is 3.86. The van der Waals surface area contributed by atoms with Gasteiger partial charge in [-0.3, -0.25) is 4.79 Å². The first-order chi connectivity index (χ1) is 10.1. The number of carbonyl (C=O) groups excluding carboxylic acids is 1. The van der Waals surface area contributed by atoms with Crippen molar-refractivity contribution in [1.29, 1.82) is 0 Å². The van der Waals surface area contributed by atoms with Crippen molar-refractivity contribution in [2.24, 2.45) is 0 Å². The third-order valence-corrected chi connectivity index (χ3v) is 5.17. The largest absolute Gasteiger partial charge is 0.343 e. The highest BCUT2D eigenvalue weighted by atomic mass is 16.2. The minimum atomic E-state index is 0.213. The Hall–Kier alpha value is -1.35. The van der Waals surface area contributed by atoms with Gasteiger partial charge in [0.25, 0.3) is 0 Å². The summed E-state index contributed by atoms with van der Waals surface area (Å²) in [7, 11) is 0. The van der Waals surface area contributed by atoms with E-state index in [4.69, 9.17) is 0 Å². The third kappa shape index (κ3) is 3.13. The lowest BCUT2D eigenvalue weighted by Gasteiger charge is -2.37. The van der Waals surface area contributed by atoms with Gasteiger partial charge in [-0.25, -0.2) is 0 Å². The number of likely N-dealkylation sites (tertiary alicyclic amines) is 1. The molecule has 0 aromatic heterocycles. The summed E-state index contributed by atoms with van der Waals surface area (Å²) in [6.07, 6.45) is 4.65. The van der Waals surface area contributed by atoms with E-state index in [1.807, 2.05) is 4.90 Å². The fourth-order valence-electron chi connectivity index (χ4n) is 3.82. The van der Waals surface area contributed by atoms with Gasteiger partial charge in [0.05, 0.1) is 0 Å². The number of benzene rings is 1. The van der Waals surface area contributed by atoms with Gasteiger partial charge in [-0.1, -0.05) is 31.2 Å². The smallest absolute Gasteiger partial charge is 0.219 e. The molecule has 0 bridgehead atoms. The summed E-state index contributed by atoms with van der Waals surface area (Å²) in [4.78, 5) is 13.4. The highest BCUT2D eigenvalue weighted by molar-refractivity contribution is 5.73. The quantitative estimate of drug-likeness (QED) is 0.905. The predicted molar refractivity (Wildman–Crippen MR) is 85.2 cm³/mol. The normalized spacial score (nSPS) is 26.5. The second kappa shape index (κ2) is 6.18. The van der Waals surface area contributed by atoms with Crippen LogP contribution in [0.5, 0.6) is 0 Å². The Balaban J connectivity index is 1.64. The molecule has 21 heavy (non-hydrogen) atoms. The summed E-state index contributed by atoms with van der Waals surface area (Å²) in [5.74, 6) is 0.893. The molecule has 1 amide bonds. The number of amides is 1. The molecule has 0 radical (unpaired) electrons. The molecule has 1 fully saturated rings. The van der Waals surface area contributed by atoms with Crippen LogP contribution in [0, 0.1) is 0 Å². The maximum absolute atomic E-state index is 11.4. The van der Waals surface area contributed by atoms with Crippen molar-refractivity contribution in [3.63, 3.8) is 0 Å². The second-order valence-electron chi connectivity index (χ2n) is 6.61. The molecule has 0 spiro atoms. The Bertz CT molecular complexity index is 506. The number of hydrogen-bond donors (Lipinski definition) is 1. The number of rotatable bonds is 2. The second-order valence-corrected chi connectivity index (χ2v) is 6.61. The molecule has 3 rings (SSSR count). The minimum Gasteiger partial charge on any atom is -0.343 e. The van der Waals surface area contributed by atoms with Gasteiger partial charge in [0.15, 0.2) is 0 Å². The summed E-state index contributed by atoms with van der Waals surface area (Å²) >= 11 is 0. The number of nitrogens with zero attached hydrogens (tertiary/aromatic N) is 1. The van der Waals surface area contributed by atoms with Crippen molar-refractivity contribution < 1.29 is 4.79 Å². The van der Waals surface area contributed by atoms with Crippen LogP contribution in [0.4, 0.5) is 0 Å². The molecule has 1 heterocycles. The van der Waals surface area contributed by atoms with Gasteiger partial charge in [0, 0.05) is 32.1 Å². The Morgan fingerprint density at radius 3 is 2.43 bits per heavy atom. The van der Waals surface area contributed by atoms with Crippen molar-refractivity contribution in [3.05, 3.63) is 35.4 Å². The highest BCUT2D eigenvalue weighted by Gasteiger charge is 2.28. The van der Waals surface area contributed by atoms with Gasteiger partial charge in [0.2, 0.25) is 5.91 Å². The van der Waals surface area contributed by atoms with E-state index in [0.717, 1.165) is 25.9 Å². The molecule has 2 atom stereocenters. The molecule has 2 unspecified atom stereocenters. The molecule has 1 aromatic rings. The molecule has 2 aliphatic rings. The number of carbonyl (C=O) groups is 1. The number of piperidine rings is 1. The van der Waals surface area contributed by atoms with Crippen molar-refractivity contribution in [2.45, 2.75) is 57.5 Å². The molecular weight excluding hydrogens is 260 g/mol. The van der Waals surface area contributed by atoms with Crippen LogP contribution in [0.2, 0.25) is 0 Å². The zero-order valence-electron chi connectivity index (χ0n) is 13.1. The van der Waals surface area contributed by atoms with Crippen LogP contribution in [0.15, 0.2) is 24.3 Å². The molecular formula is C18H26N2O. The van der Waals surface area contributed by atoms with Gasteiger partial charge in [-0.15, -0.1) is 0 Å². The number of fused-ring (bicyclic) bond motifs is 1. The van der Waals surface area contributed by atoms with Crippen LogP contribution in [0.3, 0.4) is 0 Å². The van der Waals surface area contributed by atoms with Crippen molar-refractivity contribution in [2.75, 3.05) is 13.1 Å². The molecule has 1 aliphatic heterocycles. The van der Waals surface area contributed by atoms with Crippen molar-refractivity contribution in [3.8, 4) is 0 Å². The number of hydrogen-bond acceptors (Lipinski definition) is 2. The first-order valence-corrected chi connectivity index (χ1v) is 8.25. The molecule has 3 nitrogen and oxygen atoms in total. The number of nitrogens with one attached hydrogen (secondary N) is 1. The average Bonchev–Trinajstić information content (AvgIpc) is 2.51. The lowest BCUT2D eigenvalue weighted by atomic mass is 9.80. The lowest BCUT2D eigenvalue weighted by molar-refractivity contribution is -0.129. The maximum atomic E-state index is 11.4. The molecule has 1 saturated heterocycles. The standard InChI is InChI=1S/C18H26N2O/c1-13-7-8-18(17-6-4-3-5-16(13)17)19-15-9-11-20(12-10-15)14(2)21/h3-6,13,15,18-19H,7-12H2,1-2H3. The molecule has 114 valence electrons. The average molecular weight is 286 g/mol. The fourth-order valence-corrected chi connectivity index (χ4v) is 3.82. The van der Waals surface area contributed by atoms with E-state index in [9.17, 15) is 4.79 Å². The predicted octanol–water partition coefficient (Wildman–Crippen LogP) is 3.23. The Morgan fingerprint density at radius 2 is 1.76 bits per heavy atom. The molecule has 1 aliphatic carbocycles. The fraction of sp³-hybridized carbons (Fsp3) is 0.611. The Labute approximate surface area is 127 Å². The van der Waals surface area contributed by atoms with Gasteiger partial charge >= 0.3 is 0 Å². The van der Waals surface area contributed by atoms with E-state index in [0.29, 0.717) is 18.0 Å². The van der Waals surface area contributed by atoms with Gasteiger partial charge in [0.1, 0.15) is 0 Å². The van der Waals surface area contributed by atoms with E-state index in [1.165, 1.54) is 24.0 Å². The van der Waals surface area contributed by atoms with Crippen LogP contribution in [0.25, 0.3) is 0 Å². The van der Waals surface area contributed by atoms with Gasteiger partial charge in [-0.2, -0.15) is 0 Å². The summed E-state index contributed by atoms with van der Waals surface area (Å²) in [6, 6.07) is 9.92. The highest BCUT2D eigenvalue weighted by Crippen LogP contribution is 2.37. The van der Waals surface area contributed by atoms with E-state index in [2.05, 4.69) is 36.5 Å². The lowest BCUT2D eigenvalue weighted by Crippen LogP contribution is -2.45. The zero-order valence-corrected chi connectivity index (χ0v) is 13.1. The van der Waals surface area contributed by atoms with E-state index in [-0.39, 0.29) is 5.91 Å². The van der Waals surface area contributed by atoms with Crippen LogP contribution in [0.1, 0.15) is 62.6 Å². The third-order valence-electron chi connectivity index (χ3n) is 5.17.